The highest BCUT2D eigenvalue weighted by Crippen LogP contribution is 2.21. The van der Waals surface area contributed by atoms with E-state index < -0.39 is 0 Å². The van der Waals surface area contributed by atoms with Gasteiger partial charge in [-0.3, -0.25) is 4.79 Å². The normalized spacial score (nSPS) is 11.7. The Labute approximate surface area is 113 Å². The Bertz CT molecular complexity index is 598. The molecule has 0 fully saturated rings. The van der Waals surface area contributed by atoms with Crippen LogP contribution in [0.5, 0.6) is 0 Å². The van der Waals surface area contributed by atoms with Crippen LogP contribution in [0, 0.1) is 0 Å². The first-order valence-electron chi connectivity index (χ1n) is 6.62. The maximum absolute atomic E-state index is 12.2. The van der Waals surface area contributed by atoms with Crippen molar-refractivity contribution in [2.24, 2.45) is 0 Å². The summed E-state index contributed by atoms with van der Waals surface area (Å²) < 4.78 is 0. The molecule has 2 rings (SSSR count). The number of hydrogen-bond donors (Lipinski definition) is 3. The number of rotatable bonds is 4. The van der Waals surface area contributed by atoms with Gasteiger partial charge in [0.25, 0.3) is 5.91 Å². The van der Waals surface area contributed by atoms with Gasteiger partial charge in [-0.2, -0.15) is 0 Å². The molecule has 0 atom stereocenters. The van der Waals surface area contributed by atoms with Gasteiger partial charge in [0.05, 0.1) is 11.2 Å². The molecule has 1 heterocycles. The summed E-state index contributed by atoms with van der Waals surface area (Å²) in [4.78, 5) is 15.3. The molecule has 0 bridgehead atoms. The summed E-state index contributed by atoms with van der Waals surface area (Å²) in [6.45, 7) is 6.17. The minimum absolute atomic E-state index is 0.0888. The molecule has 1 aromatic heterocycles. The van der Waals surface area contributed by atoms with Gasteiger partial charge in [0, 0.05) is 10.9 Å². The molecular weight excluding hydrogens is 238 g/mol. The SMILES string of the molecule is CCCC(C)(C)NC(=O)c1cc2cccc(N)c2[nH]1. The van der Waals surface area contributed by atoms with E-state index in [0.29, 0.717) is 11.4 Å². The van der Waals surface area contributed by atoms with E-state index in [1.807, 2.05) is 38.1 Å². The Kier molecular flexibility index (Phi) is 3.51. The quantitative estimate of drug-likeness (QED) is 0.738. The van der Waals surface area contributed by atoms with Crippen LogP contribution in [0.3, 0.4) is 0 Å². The van der Waals surface area contributed by atoms with Crippen molar-refractivity contribution < 1.29 is 4.79 Å². The zero-order chi connectivity index (χ0) is 14.0. The fraction of sp³-hybridized carbons (Fsp3) is 0.400. The molecule has 4 heteroatoms. The van der Waals surface area contributed by atoms with Crippen molar-refractivity contribution in [3.05, 3.63) is 30.0 Å². The first-order valence-corrected chi connectivity index (χ1v) is 6.62. The number of benzene rings is 1. The number of anilines is 1. The summed E-state index contributed by atoms with van der Waals surface area (Å²) in [7, 11) is 0. The lowest BCUT2D eigenvalue weighted by Crippen LogP contribution is -2.43. The molecule has 4 nitrogen and oxygen atoms in total. The number of H-pyrrole nitrogens is 1. The van der Waals surface area contributed by atoms with Gasteiger partial charge in [0.2, 0.25) is 0 Å². The predicted octanol–water partition coefficient (Wildman–Crippen LogP) is 3.06. The van der Waals surface area contributed by atoms with Crippen LogP contribution in [0.4, 0.5) is 5.69 Å². The number of aromatic amines is 1. The van der Waals surface area contributed by atoms with E-state index >= 15 is 0 Å². The maximum atomic E-state index is 12.2. The Hall–Kier alpha value is -1.97. The number of hydrogen-bond acceptors (Lipinski definition) is 2. The predicted molar refractivity (Wildman–Crippen MR) is 79.2 cm³/mol. The largest absolute Gasteiger partial charge is 0.397 e. The minimum atomic E-state index is -0.200. The van der Waals surface area contributed by atoms with Gasteiger partial charge < -0.3 is 16.0 Å². The standard InChI is InChI=1S/C15H21N3O/c1-4-8-15(2,3)18-14(19)12-9-10-6-5-7-11(16)13(10)17-12/h5-7,9,17H,4,8,16H2,1-3H3,(H,18,19). The van der Waals surface area contributed by atoms with Crippen molar-refractivity contribution in [2.45, 2.75) is 39.2 Å². The van der Waals surface area contributed by atoms with Crippen molar-refractivity contribution in [1.82, 2.24) is 10.3 Å². The van der Waals surface area contributed by atoms with Crippen LogP contribution < -0.4 is 11.1 Å². The van der Waals surface area contributed by atoms with Crippen LogP contribution in [0.25, 0.3) is 10.9 Å². The lowest BCUT2D eigenvalue weighted by atomic mass is 9.99. The molecule has 0 spiro atoms. The molecule has 0 aliphatic carbocycles. The smallest absolute Gasteiger partial charge is 0.268 e. The molecule has 1 aromatic carbocycles. The topological polar surface area (TPSA) is 70.9 Å². The number of carbonyl (C=O) groups is 1. The molecule has 4 N–H and O–H groups in total. The van der Waals surface area contributed by atoms with Crippen LogP contribution in [-0.4, -0.2) is 16.4 Å². The Morgan fingerprint density at radius 1 is 1.42 bits per heavy atom. The summed E-state index contributed by atoms with van der Waals surface area (Å²) in [5, 5.41) is 4.00. The highest BCUT2D eigenvalue weighted by Gasteiger charge is 2.21. The van der Waals surface area contributed by atoms with E-state index in [4.69, 9.17) is 5.73 Å². The average Bonchev–Trinajstić information content (AvgIpc) is 2.73. The molecule has 1 amide bonds. The molecule has 0 radical (unpaired) electrons. The van der Waals surface area contributed by atoms with Crippen LogP contribution in [0.1, 0.15) is 44.1 Å². The molecule has 19 heavy (non-hydrogen) atoms. The zero-order valence-electron chi connectivity index (χ0n) is 11.7. The first kappa shape index (κ1) is 13.5. The third kappa shape index (κ3) is 2.89. The molecule has 0 saturated carbocycles. The van der Waals surface area contributed by atoms with Crippen molar-refractivity contribution >= 4 is 22.5 Å². The molecule has 0 aliphatic rings. The lowest BCUT2D eigenvalue weighted by Gasteiger charge is -2.25. The van der Waals surface area contributed by atoms with Gasteiger partial charge in [-0.05, 0) is 32.4 Å². The van der Waals surface area contributed by atoms with Gasteiger partial charge in [-0.15, -0.1) is 0 Å². The van der Waals surface area contributed by atoms with Gasteiger partial charge in [-0.1, -0.05) is 25.5 Å². The second kappa shape index (κ2) is 4.96. The Balaban J connectivity index is 2.25. The number of amides is 1. The van der Waals surface area contributed by atoms with Gasteiger partial charge >= 0.3 is 0 Å². The van der Waals surface area contributed by atoms with Gasteiger partial charge in [0.1, 0.15) is 5.69 Å². The molecule has 102 valence electrons. The number of para-hydroxylation sites is 1. The molecule has 0 aliphatic heterocycles. The average molecular weight is 259 g/mol. The summed E-state index contributed by atoms with van der Waals surface area (Å²) in [5.74, 6) is -0.0888. The third-order valence-corrected chi connectivity index (χ3v) is 3.26. The van der Waals surface area contributed by atoms with E-state index in [9.17, 15) is 4.79 Å². The number of aromatic nitrogens is 1. The number of carbonyl (C=O) groups excluding carboxylic acids is 1. The van der Waals surface area contributed by atoms with E-state index in [1.165, 1.54) is 0 Å². The van der Waals surface area contributed by atoms with E-state index in [1.54, 1.807) is 0 Å². The lowest BCUT2D eigenvalue weighted by molar-refractivity contribution is 0.0904. The van der Waals surface area contributed by atoms with Crippen LogP contribution in [-0.2, 0) is 0 Å². The number of nitrogens with one attached hydrogen (secondary N) is 2. The Morgan fingerprint density at radius 3 is 2.79 bits per heavy atom. The fourth-order valence-corrected chi connectivity index (χ4v) is 2.36. The maximum Gasteiger partial charge on any atom is 0.268 e. The molecule has 0 saturated heterocycles. The summed E-state index contributed by atoms with van der Waals surface area (Å²) in [6, 6.07) is 7.48. The summed E-state index contributed by atoms with van der Waals surface area (Å²) in [6.07, 6.45) is 1.98. The van der Waals surface area contributed by atoms with E-state index in [2.05, 4.69) is 17.2 Å². The van der Waals surface area contributed by atoms with Crippen molar-refractivity contribution in [3.8, 4) is 0 Å². The van der Waals surface area contributed by atoms with Crippen molar-refractivity contribution in [3.63, 3.8) is 0 Å². The first-order chi connectivity index (χ1) is 8.93. The molecular formula is C15H21N3O. The molecule has 0 unspecified atom stereocenters. The summed E-state index contributed by atoms with van der Waals surface area (Å²) >= 11 is 0. The second-order valence-electron chi connectivity index (χ2n) is 5.58. The number of fused-ring (bicyclic) bond motifs is 1. The van der Waals surface area contributed by atoms with E-state index in [-0.39, 0.29) is 11.4 Å². The number of nitrogens with two attached hydrogens (primary N) is 1. The van der Waals surface area contributed by atoms with Gasteiger partial charge in [-0.25, -0.2) is 0 Å². The van der Waals surface area contributed by atoms with Crippen molar-refractivity contribution in [2.75, 3.05) is 5.73 Å². The molecule has 2 aromatic rings. The van der Waals surface area contributed by atoms with Crippen LogP contribution in [0.2, 0.25) is 0 Å². The minimum Gasteiger partial charge on any atom is -0.397 e. The van der Waals surface area contributed by atoms with Crippen LogP contribution in [0.15, 0.2) is 24.3 Å². The second-order valence-corrected chi connectivity index (χ2v) is 5.58. The zero-order valence-corrected chi connectivity index (χ0v) is 11.7. The van der Waals surface area contributed by atoms with Gasteiger partial charge in [0.15, 0.2) is 0 Å². The fourth-order valence-electron chi connectivity index (χ4n) is 2.36. The monoisotopic (exact) mass is 259 g/mol. The summed E-state index contributed by atoms with van der Waals surface area (Å²) in [5.41, 5.74) is 7.71. The van der Waals surface area contributed by atoms with Crippen LogP contribution >= 0.6 is 0 Å². The third-order valence-electron chi connectivity index (χ3n) is 3.26. The highest BCUT2D eigenvalue weighted by molar-refractivity contribution is 6.01. The highest BCUT2D eigenvalue weighted by atomic mass is 16.2. The number of nitrogen functional groups attached to an aromatic ring is 1. The van der Waals surface area contributed by atoms with E-state index in [0.717, 1.165) is 23.7 Å². The Morgan fingerprint density at radius 2 is 2.16 bits per heavy atom. The van der Waals surface area contributed by atoms with Crippen molar-refractivity contribution in [1.29, 1.82) is 0 Å².